The smallest absolute Gasteiger partial charge is 0.301 e. The summed E-state index contributed by atoms with van der Waals surface area (Å²) in [6.45, 7) is 10.7. The molecule has 360 valence electrons. The summed E-state index contributed by atoms with van der Waals surface area (Å²) >= 11 is 0. The van der Waals surface area contributed by atoms with Gasteiger partial charge in [0.2, 0.25) is 11.7 Å². The molecule has 15 nitrogen and oxygen atoms in total. The minimum atomic E-state index is -4.35. The zero-order valence-electron chi connectivity index (χ0n) is 38.1. The highest BCUT2D eigenvalue weighted by Crippen LogP contribution is 2.45. The van der Waals surface area contributed by atoms with Gasteiger partial charge in [0.1, 0.15) is 29.4 Å². The predicted molar refractivity (Wildman–Crippen MR) is 254 cm³/mol. The van der Waals surface area contributed by atoms with Crippen LogP contribution in [0.1, 0.15) is 63.9 Å². The third kappa shape index (κ3) is 8.16. The Bertz CT molecular complexity index is 3040. The minimum absolute atomic E-state index is 0.00594. The first kappa shape index (κ1) is 45.0. The van der Waals surface area contributed by atoms with Crippen LogP contribution in [0.4, 0.5) is 30.2 Å². The number of hydrogen-bond donors (Lipinski definition) is 3. The molecule has 0 aliphatic carbocycles. The SMILES string of the molecule is C=C1CCC(N2Cc3cc(N4CC5(CN(CC6CCN(c7ccc(-c8cnc9[nH]cc(C(=O)c%10c(F)ccc(NS(=O)(=O)N%11CC[C@@H](F)C%11)c%10F)c9c8)cc7)CC6)C5)C4)cc(OC)c3C2=O)C(=O)N1. The molecule has 11 rings (SSSR count). The van der Waals surface area contributed by atoms with Crippen molar-refractivity contribution in [1.29, 1.82) is 0 Å². The fourth-order valence-corrected chi connectivity index (χ4v) is 12.6. The number of carbonyl (C=O) groups excluding carboxylic acids is 3. The number of amides is 2. The van der Waals surface area contributed by atoms with E-state index in [9.17, 15) is 27.2 Å². The highest BCUT2D eigenvalue weighted by Gasteiger charge is 2.52. The van der Waals surface area contributed by atoms with Gasteiger partial charge in [-0.2, -0.15) is 12.7 Å². The number of pyridine rings is 1. The number of carbonyl (C=O) groups is 3. The number of piperidine rings is 2. The number of halogens is 3. The van der Waals surface area contributed by atoms with E-state index in [0.717, 1.165) is 97.6 Å². The maximum Gasteiger partial charge on any atom is 0.301 e. The van der Waals surface area contributed by atoms with Crippen LogP contribution in [0, 0.1) is 23.0 Å². The third-order valence-electron chi connectivity index (χ3n) is 14.9. The van der Waals surface area contributed by atoms with E-state index in [0.29, 0.717) is 58.9 Å². The number of hydrogen-bond acceptors (Lipinski definition) is 10. The van der Waals surface area contributed by atoms with Crippen LogP contribution in [-0.4, -0.2) is 128 Å². The van der Waals surface area contributed by atoms with Crippen molar-refractivity contribution in [2.24, 2.45) is 11.3 Å². The lowest BCUT2D eigenvalue weighted by molar-refractivity contribution is -0.126. The number of benzene rings is 3. The number of fused-ring (bicyclic) bond motifs is 2. The van der Waals surface area contributed by atoms with Gasteiger partial charge < -0.3 is 34.6 Å². The van der Waals surface area contributed by atoms with Gasteiger partial charge in [-0.1, -0.05) is 18.7 Å². The standard InChI is InChI=1S/C50H52F3N9O6S/c1-29-3-10-41(48(64)56-29)62-23-33-17-36(19-42(68-2)43(33)49(62)65)60-27-50(28-60)25-58(26-50)22-30-11-14-59(15-12-30)35-6-4-31(5-7-35)32-18-37-38(21-55-47(37)54-20-32)46(63)44-39(52)8-9-40(45(44)53)57-69(66,67)61-16-13-34(51)24-61/h4-9,17-21,30,34,41,57H,1,3,10-16,22-28H2,2H3,(H,54,55)(H,56,64)/t34-,41?/m1/s1. The Labute approximate surface area is 397 Å². The summed E-state index contributed by atoms with van der Waals surface area (Å²) < 4.78 is 79.0. The number of anilines is 3. The lowest BCUT2D eigenvalue weighted by Gasteiger charge is -2.61. The van der Waals surface area contributed by atoms with E-state index in [-0.39, 0.29) is 42.3 Å². The van der Waals surface area contributed by atoms with Crippen molar-refractivity contribution in [1.82, 2.24) is 29.4 Å². The molecule has 6 aliphatic heterocycles. The van der Waals surface area contributed by atoms with Gasteiger partial charge in [-0.3, -0.25) is 19.1 Å². The van der Waals surface area contributed by atoms with Crippen molar-refractivity contribution in [3.63, 3.8) is 0 Å². The van der Waals surface area contributed by atoms with E-state index < -0.39 is 51.1 Å². The number of ether oxygens (including phenoxy) is 1. The van der Waals surface area contributed by atoms with Crippen molar-refractivity contribution >= 4 is 55.9 Å². The molecule has 3 N–H and O–H groups in total. The average molecular weight is 964 g/mol. The molecule has 5 saturated heterocycles. The van der Waals surface area contributed by atoms with Gasteiger partial charge in [0.15, 0.2) is 5.82 Å². The molecule has 1 unspecified atom stereocenters. The van der Waals surface area contributed by atoms with Gasteiger partial charge in [-0.15, -0.1) is 0 Å². The zero-order chi connectivity index (χ0) is 47.9. The van der Waals surface area contributed by atoms with Gasteiger partial charge in [-0.05, 0) is 85.5 Å². The Morgan fingerprint density at radius 1 is 0.942 bits per heavy atom. The molecule has 6 aliphatic rings. The van der Waals surface area contributed by atoms with Crippen molar-refractivity contribution in [2.45, 2.75) is 50.9 Å². The molecule has 2 amide bonds. The minimum Gasteiger partial charge on any atom is -0.496 e. The Hall–Kier alpha value is -6.44. The molecular formula is C50H52F3N9O6S. The van der Waals surface area contributed by atoms with Gasteiger partial charge in [-0.25, -0.2) is 18.2 Å². The summed E-state index contributed by atoms with van der Waals surface area (Å²) in [6, 6.07) is 15.1. The fraction of sp³-hybridized carbons (Fsp3) is 0.400. The maximum atomic E-state index is 15.8. The summed E-state index contributed by atoms with van der Waals surface area (Å²) in [5.41, 5.74) is 4.81. The quantitative estimate of drug-likeness (QED) is 0.122. The van der Waals surface area contributed by atoms with E-state index in [1.54, 1.807) is 24.3 Å². The van der Waals surface area contributed by atoms with Crippen LogP contribution in [-0.2, 0) is 21.5 Å². The molecule has 8 heterocycles. The van der Waals surface area contributed by atoms with E-state index >= 15 is 8.78 Å². The molecule has 2 aromatic heterocycles. The average Bonchev–Trinajstić information content (AvgIpc) is 4.04. The van der Waals surface area contributed by atoms with Crippen molar-refractivity contribution in [3.8, 4) is 16.9 Å². The predicted octanol–water partition coefficient (Wildman–Crippen LogP) is 6.23. The molecule has 1 spiro atoms. The summed E-state index contributed by atoms with van der Waals surface area (Å²) in [4.78, 5) is 56.4. The van der Waals surface area contributed by atoms with Crippen LogP contribution in [0.3, 0.4) is 0 Å². The van der Waals surface area contributed by atoms with E-state index in [1.807, 2.05) is 22.9 Å². The number of rotatable bonds is 12. The number of nitrogens with zero attached hydrogens (tertiary/aromatic N) is 6. The van der Waals surface area contributed by atoms with Crippen LogP contribution in [0.5, 0.6) is 5.75 Å². The van der Waals surface area contributed by atoms with Crippen LogP contribution < -0.4 is 24.6 Å². The number of aromatic amines is 1. The summed E-state index contributed by atoms with van der Waals surface area (Å²) in [7, 11) is -2.77. The van der Waals surface area contributed by atoms with E-state index in [2.05, 4.69) is 54.8 Å². The second kappa shape index (κ2) is 17.2. The topological polar surface area (TPSA) is 164 Å². The molecule has 19 heteroatoms. The van der Waals surface area contributed by atoms with E-state index in [1.165, 1.54) is 6.20 Å². The third-order valence-corrected chi connectivity index (χ3v) is 16.4. The molecule has 69 heavy (non-hydrogen) atoms. The highest BCUT2D eigenvalue weighted by atomic mass is 32.2. The highest BCUT2D eigenvalue weighted by molar-refractivity contribution is 7.90. The summed E-state index contributed by atoms with van der Waals surface area (Å²) in [5.74, 6) is -2.73. The molecule has 3 aromatic carbocycles. The molecular weight excluding hydrogens is 912 g/mol. The molecule has 2 atom stereocenters. The van der Waals surface area contributed by atoms with E-state index in [4.69, 9.17) is 4.74 Å². The molecule has 0 radical (unpaired) electrons. The summed E-state index contributed by atoms with van der Waals surface area (Å²) in [5, 5.41) is 3.15. The Morgan fingerprint density at radius 3 is 2.42 bits per heavy atom. The summed E-state index contributed by atoms with van der Waals surface area (Å²) in [6.07, 6.45) is 5.01. The van der Waals surface area contributed by atoms with Crippen molar-refractivity contribution in [2.75, 3.05) is 80.5 Å². The largest absolute Gasteiger partial charge is 0.496 e. The lowest BCUT2D eigenvalue weighted by atomic mass is 9.72. The Kier molecular flexibility index (Phi) is 11.2. The van der Waals surface area contributed by atoms with Crippen LogP contribution in [0.25, 0.3) is 22.2 Å². The molecule has 0 bridgehead atoms. The maximum absolute atomic E-state index is 15.8. The molecule has 0 saturated carbocycles. The monoisotopic (exact) mass is 963 g/mol. The first-order chi connectivity index (χ1) is 33.2. The second-order valence-electron chi connectivity index (χ2n) is 19.6. The Morgan fingerprint density at radius 2 is 1.71 bits per heavy atom. The number of alkyl halides is 1. The molecule has 5 aromatic rings. The first-order valence-electron chi connectivity index (χ1n) is 23.4. The number of aromatic nitrogens is 2. The first-order valence-corrected chi connectivity index (χ1v) is 24.8. The van der Waals surface area contributed by atoms with Gasteiger partial charge in [0.05, 0.1) is 23.9 Å². The Balaban J connectivity index is 0.677. The fourth-order valence-electron chi connectivity index (χ4n) is 11.3. The number of likely N-dealkylation sites (tertiary alicyclic amines) is 1. The second-order valence-corrected chi connectivity index (χ2v) is 21.2. The zero-order valence-corrected chi connectivity index (χ0v) is 38.9. The van der Waals surface area contributed by atoms with Crippen LogP contribution >= 0.6 is 0 Å². The number of nitrogens with one attached hydrogen (secondary N) is 3. The number of methoxy groups -OCH3 is 1. The molecule has 5 fully saturated rings. The van der Waals surface area contributed by atoms with Gasteiger partial charge in [0.25, 0.3) is 5.91 Å². The van der Waals surface area contributed by atoms with Gasteiger partial charge in [0, 0.05) is 123 Å². The normalized spacial score (nSPS) is 22.0. The van der Waals surface area contributed by atoms with Crippen LogP contribution in [0.2, 0.25) is 0 Å². The number of H-pyrrole nitrogens is 1. The lowest BCUT2D eigenvalue weighted by Crippen LogP contribution is -2.72. The van der Waals surface area contributed by atoms with Crippen molar-refractivity contribution < 1.29 is 40.7 Å². The van der Waals surface area contributed by atoms with Crippen molar-refractivity contribution in [3.05, 3.63) is 113 Å². The van der Waals surface area contributed by atoms with Crippen LogP contribution in [0.15, 0.2) is 79.3 Å². The number of ketones is 1. The van der Waals surface area contributed by atoms with Gasteiger partial charge >= 0.3 is 10.2 Å². The number of allylic oxidation sites excluding steroid dienone is 1.